The van der Waals surface area contributed by atoms with Crippen LogP contribution in [0.3, 0.4) is 0 Å². The molecule has 0 bridgehead atoms. The van der Waals surface area contributed by atoms with Crippen molar-refractivity contribution in [3.8, 4) is 0 Å². The molecule has 2 aliphatic heterocycles. The van der Waals surface area contributed by atoms with E-state index in [1.165, 1.54) is 12.1 Å². The number of nitrogens with zero attached hydrogens (tertiary/aromatic N) is 4. The summed E-state index contributed by atoms with van der Waals surface area (Å²) in [6, 6.07) is 2.83. The van der Waals surface area contributed by atoms with Gasteiger partial charge >= 0.3 is 0 Å². The Balaban J connectivity index is 1.78. The first kappa shape index (κ1) is 20.7. The summed E-state index contributed by atoms with van der Waals surface area (Å²) in [6.45, 7) is 4.87. The van der Waals surface area contributed by atoms with Crippen LogP contribution < -0.4 is 0 Å². The van der Waals surface area contributed by atoms with Crippen molar-refractivity contribution in [2.45, 2.75) is 35.2 Å². The second-order valence-corrected chi connectivity index (χ2v) is 11.4. The van der Waals surface area contributed by atoms with Crippen molar-refractivity contribution < 1.29 is 16.8 Å². The van der Waals surface area contributed by atoms with Crippen LogP contribution in [0.1, 0.15) is 19.3 Å². The molecule has 27 heavy (non-hydrogen) atoms. The Kier molecular flexibility index (Phi) is 6.21. The van der Waals surface area contributed by atoms with Crippen molar-refractivity contribution in [2.24, 2.45) is 0 Å². The quantitative estimate of drug-likeness (QED) is 0.696. The van der Waals surface area contributed by atoms with E-state index in [2.05, 4.69) is 21.8 Å². The molecule has 3 rings (SSSR count). The van der Waals surface area contributed by atoms with Gasteiger partial charge in [0.1, 0.15) is 4.90 Å². The zero-order chi connectivity index (χ0) is 19.7. The molecule has 0 aromatic carbocycles. The Morgan fingerprint density at radius 2 is 1.70 bits per heavy atom. The standard InChI is InChI=1S/C17H28N4O4S2/c1-19-9-11-20(12-10-19)15-5-3-4-8-21(14-15)27(24,25)16-6-7-17(18-13-16)26(2,22)23/h6-7,13,15H,3-5,8-12,14H2,1-2H3/t15-/m1/s1. The molecule has 2 aliphatic rings. The van der Waals surface area contributed by atoms with Gasteiger partial charge in [-0.2, -0.15) is 4.31 Å². The maximum absolute atomic E-state index is 13.1. The van der Waals surface area contributed by atoms with Crippen molar-refractivity contribution in [2.75, 3.05) is 52.6 Å². The molecule has 2 saturated heterocycles. The minimum absolute atomic E-state index is 0.0499. The minimum Gasteiger partial charge on any atom is -0.304 e. The highest BCUT2D eigenvalue weighted by Gasteiger charge is 2.32. The second-order valence-electron chi connectivity index (χ2n) is 7.46. The predicted octanol–water partition coefficient (Wildman–Crippen LogP) is 0.276. The summed E-state index contributed by atoms with van der Waals surface area (Å²) < 4.78 is 50.8. The van der Waals surface area contributed by atoms with Crippen LogP contribution in [0, 0.1) is 0 Å². The van der Waals surface area contributed by atoms with Crippen molar-refractivity contribution in [1.29, 1.82) is 0 Å². The molecule has 0 amide bonds. The molecule has 8 nitrogen and oxygen atoms in total. The summed E-state index contributed by atoms with van der Waals surface area (Å²) in [7, 11) is -5.04. The molecule has 0 spiro atoms. The van der Waals surface area contributed by atoms with Gasteiger partial charge in [-0.3, -0.25) is 4.90 Å². The van der Waals surface area contributed by atoms with Gasteiger partial charge in [-0.15, -0.1) is 0 Å². The maximum Gasteiger partial charge on any atom is 0.244 e. The average Bonchev–Trinajstić information content (AvgIpc) is 2.88. The normalized spacial score (nSPS) is 24.6. The van der Waals surface area contributed by atoms with E-state index in [1.807, 2.05) is 0 Å². The fourth-order valence-electron chi connectivity index (χ4n) is 3.68. The fourth-order valence-corrected chi connectivity index (χ4v) is 5.70. The van der Waals surface area contributed by atoms with Gasteiger partial charge in [-0.1, -0.05) is 6.42 Å². The highest BCUT2D eigenvalue weighted by molar-refractivity contribution is 7.90. The Morgan fingerprint density at radius 3 is 2.30 bits per heavy atom. The van der Waals surface area contributed by atoms with Crippen LogP contribution >= 0.6 is 0 Å². The highest BCUT2D eigenvalue weighted by Crippen LogP contribution is 2.23. The highest BCUT2D eigenvalue weighted by atomic mass is 32.2. The molecule has 1 aromatic rings. The number of sulfonamides is 1. The molecular weight excluding hydrogens is 388 g/mol. The van der Waals surface area contributed by atoms with Crippen LogP contribution in [-0.2, 0) is 19.9 Å². The van der Waals surface area contributed by atoms with E-state index in [0.717, 1.165) is 57.9 Å². The average molecular weight is 417 g/mol. The number of likely N-dealkylation sites (N-methyl/N-ethyl adjacent to an activating group) is 1. The smallest absolute Gasteiger partial charge is 0.244 e. The molecular formula is C17H28N4O4S2. The Hall–Kier alpha value is -1.07. The van der Waals surface area contributed by atoms with E-state index in [1.54, 1.807) is 4.31 Å². The van der Waals surface area contributed by atoms with Gasteiger partial charge in [0.05, 0.1) is 0 Å². The summed E-state index contributed by atoms with van der Waals surface area (Å²) in [5.74, 6) is 0. The van der Waals surface area contributed by atoms with Crippen LogP contribution in [0.15, 0.2) is 28.3 Å². The number of sulfone groups is 1. The number of hydrogen-bond acceptors (Lipinski definition) is 7. The molecule has 1 atom stereocenters. The first-order valence-electron chi connectivity index (χ1n) is 9.27. The minimum atomic E-state index is -3.69. The van der Waals surface area contributed by atoms with Crippen LogP contribution in [0.4, 0.5) is 0 Å². The molecule has 152 valence electrons. The summed E-state index contributed by atoms with van der Waals surface area (Å²) in [6.07, 6.45) is 5.05. The number of hydrogen-bond donors (Lipinski definition) is 0. The maximum atomic E-state index is 13.1. The van der Waals surface area contributed by atoms with Crippen LogP contribution in [0.5, 0.6) is 0 Å². The van der Waals surface area contributed by atoms with E-state index in [9.17, 15) is 16.8 Å². The molecule has 0 unspecified atom stereocenters. The second kappa shape index (κ2) is 8.12. The van der Waals surface area contributed by atoms with Crippen LogP contribution in [-0.4, -0.2) is 94.5 Å². The van der Waals surface area contributed by atoms with Gasteiger partial charge < -0.3 is 4.90 Å². The molecule has 0 N–H and O–H groups in total. The molecule has 0 aliphatic carbocycles. The Bertz CT molecular complexity index is 847. The van der Waals surface area contributed by atoms with Crippen molar-refractivity contribution in [1.82, 2.24) is 19.1 Å². The number of aromatic nitrogens is 1. The van der Waals surface area contributed by atoms with E-state index in [4.69, 9.17) is 0 Å². The zero-order valence-electron chi connectivity index (χ0n) is 15.9. The van der Waals surface area contributed by atoms with Gasteiger partial charge in [0.25, 0.3) is 0 Å². The van der Waals surface area contributed by atoms with E-state index >= 15 is 0 Å². The van der Waals surface area contributed by atoms with Gasteiger partial charge in [0, 0.05) is 57.8 Å². The van der Waals surface area contributed by atoms with E-state index in [0.29, 0.717) is 13.1 Å². The van der Waals surface area contributed by atoms with Crippen LogP contribution in [0.2, 0.25) is 0 Å². The van der Waals surface area contributed by atoms with Gasteiger partial charge in [0.2, 0.25) is 10.0 Å². The third-order valence-electron chi connectivity index (χ3n) is 5.39. The number of piperazine rings is 1. The summed E-state index contributed by atoms with van der Waals surface area (Å²) in [4.78, 5) is 8.58. The SMILES string of the molecule is CN1CCN([C@@H]2CCCCN(S(=O)(=O)c3ccc(S(C)(=O)=O)nc3)C2)CC1. The molecule has 0 saturated carbocycles. The number of rotatable bonds is 4. The lowest BCUT2D eigenvalue weighted by Crippen LogP contribution is -2.52. The Morgan fingerprint density at radius 1 is 1.00 bits per heavy atom. The van der Waals surface area contributed by atoms with Crippen molar-refractivity contribution in [3.05, 3.63) is 18.3 Å². The van der Waals surface area contributed by atoms with Gasteiger partial charge in [-0.25, -0.2) is 21.8 Å². The predicted molar refractivity (Wildman–Crippen MR) is 103 cm³/mol. The first-order valence-corrected chi connectivity index (χ1v) is 12.6. The Labute approximate surface area is 162 Å². The molecule has 0 radical (unpaired) electrons. The van der Waals surface area contributed by atoms with E-state index < -0.39 is 19.9 Å². The third kappa shape index (κ3) is 4.86. The van der Waals surface area contributed by atoms with Crippen molar-refractivity contribution >= 4 is 19.9 Å². The van der Waals surface area contributed by atoms with Gasteiger partial charge in [0.15, 0.2) is 14.9 Å². The lowest BCUT2D eigenvalue weighted by Gasteiger charge is -2.38. The summed E-state index contributed by atoms with van der Waals surface area (Å²) in [5, 5.41) is -0.118. The lowest BCUT2D eigenvalue weighted by molar-refractivity contribution is 0.100. The molecule has 3 heterocycles. The monoisotopic (exact) mass is 416 g/mol. The fraction of sp³-hybridized carbons (Fsp3) is 0.706. The molecule has 10 heteroatoms. The largest absolute Gasteiger partial charge is 0.304 e. The van der Waals surface area contributed by atoms with E-state index in [-0.39, 0.29) is 16.0 Å². The van der Waals surface area contributed by atoms with Crippen LogP contribution in [0.25, 0.3) is 0 Å². The van der Waals surface area contributed by atoms with Crippen molar-refractivity contribution in [3.63, 3.8) is 0 Å². The lowest BCUT2D eigenvalue weighted by atomic mass is 10.1. The molecule has 1 aromatic heterocycles. The topological polar surface area (TPSA) is 90.9 Å². The zero-order valence-corrected chi connectivity index (χ0v) is 17.5. The van der Waals surface area contributed by atoms with Gasteiger partial charge in [-0.05, 0) is 32.0 Å². The number of pyridine rings is 1. The summed E-state index contributed by atoms with van der Waals surface area (Å²) >= 11 is 0. The summed E-state index contributed by atoms with van der Waals surface area (Å²) in [5.41, 5.74) is 0. The first-order chi connectivity index (χ1) is 12.7. The third-order valence-corrected chi connectivity index (χ3v) is 8.24. The molecule has 2 fully saturated rings.